The number of hydrogen-bond donors (Lipinski definition) is 4. The molecule has 59 heavy (non-hydrogen) atoms. The first-order valence-electron chi connectivity index (χ1n) is 20.7. The summed E-state index contributed by atoms with van der Waals surface area (Å²) in [7, 11) is -4.02. The van der Waals surface area contributed by atoms with Gasteiger partial charge in [0.15, 0.2) is 0 Å². The number of aryl methyl sites for hydroxylation is 1. The second-order valence-electron chi connectivity index (χ2n) is 18.4. The average molecular weight is 829 g/mol. The summed E-state index contributed by atoms with van der Waals surface area (Å²) in [4.78, 5) is 63.5. The minimum atomic E-state index is -4.02. The van der Waals surface area contributed by atoms with E-state index in [1.807, 2.05) is 57.2 Å². The Morgan fingerprint density at radius 3 is 2.54 bits per heavy atom. The smallest absolute Gasteiger partial charge is 0.315 e. The topological polar surface area (TPSA) is 176 Å². The molecule has 314 valence electrons. The Labute approximate surface area is 344 Å². The predicted octanol–water partition coefficient (Wildman–Crippen LogP) is 5.57. The van der Waals surface area contributed by atoms with Crippen LogP contribution < -0.4 is 25.4 Å². The van der Waals surface area contributed by atoms with E-state index >= 15 is 0 Å². The highest BCUT2D eigenvalue weighted by Crippen LogP contribution is 2.50. The Kier molecular flexibility index (Phi) is 10.3. The maximum Gasteiger partial charge on any atom is 0.315 e. The Morgan fingerprint density at radius 2 is 1.80 bits per heavy atom. The van der Waals surface area contributed by atoms with Crippen LogP contribution in [0.4, 0.5) is 9.18 Å². The summed E-state index contributed by atoms with van der Waals surface area (Å²) in [5, 5.41) is 9.60. The predicted molar refractivity (Wildman–Crippen MR) is 220 cm³/mol. The monoisotopic (exact) mass is 828 g/mol. The Morgan fingerprint density at radius 1 is 1.02 bits per heavy atom. The molecule has 4 heterocycles. The van der Waals surface area contributed by atoms with E-state index in [4.69, 9.17) is 9.72 Å². The van der Waals surface area contributed by atoms with Crippen LogP contribution in [-0.4, -0.2) is 82.1 Å². The molecular formula is C44H53FN6O7S. The number of carbonyl (C=O) groups is 4. The summed E-state index contributed by atoms with van der Waals surface area (Å²) in [6, 6.07) is 11.1. The number of aromatic nitrogens is 1. The van der Waals surface area contributed by atoms with Crippen molar-refractivity contribution in [3.63, 3.8) is 0 Å². The molecule has 5 atom stereocenters. The van der Waals surface area contributed by atoms with Gasteiger partial charge in [-0.05, 0) is 97.3 Å². The fourth-order valence-electron chi connectivity index (χ4n) is 8.85. The van der Waals surface area contributed by atoms with Crippen molar-refractivity contribution >= 4 is 44.7 Å². The van der Waals surface area contributed by atoms with Crippen LogP contribution in [0.5, 0.6) is 5.75 Å². The summed E-state index contributed by atoms with van der Waals surface area (Å²) in [6.45, 7) is 7.08. The SMILES string of the molecule is CC(C)(C)NC(=O)N[C@H]1CCCCCC=C[C@@H]2C[C@@]2(C(=O)NS(=O)(=O)C2(C)CC2)NC(=O)[C@@H]2C[C@]3(CCc4c(c(-c5cccc(F)c5)nc5ccccc45)O3)CN2C1=O. The number of sulfonamides is 1. The number of urea groups is 1. The van der Waals surface area contributed by atoms with Gasteiger partial charge in [-0.25, -0.2) is 22.6 Å². The van der Waals surface area contributed by atoms with E-state index in [1.165, 1.54) is 17.0 Å². The molecule has 5 amide bonds. The highest BCUT2D eigenvalue weighted by molar-refractivity contribution is 7.91. The van der Waals surface area contributed by atoms with Crippen LogP contribution in [0.1, 0.15) is 97.5 Å². The number of benzene rings is 2. The summed E-state index contributed by atoms with van der Waals surface area (Å²) < 4.78 is 49.5. The van der Waals surface area contributed by atoms with E-state index in [2.05, 4.69) is 20.7 Å². The Bertz CT molecular complexity index is 2360. The van der Waals surface area contributed by atoms with Crippen molar-refractivity contribution in [1.29, 1.82) is 0 Å². The van der Waals surface area contributed by atoms with Gasteiger partial charge in [-0.1, -0.05) is 55.3 Å². The van der Waals surface area contributed by atoms with Gasteiger partial charge < -0.3 is 25.6 Å². The molecule has 1 saturated heterocycles. The van der Waals surface area contributed by atoms with Crippen molar-refractivity contribution in [3.8, 4) is 17.0 Å². The molecule has 0 unspecified atom stereocenters. The van der Waals surface area contributed by atoms with E-state index in [9.17, 15) is 32.0 Å². The molecular weight excluding hydrogens is 776 g/mol. The van der Waals surface area contributed by atoms with Crippen LogP contribution in [0.3, 0.4) is 0 Å². The average Bonchev–Trinajstić information content (AvgIpc) is 4.07. The maximum absolute atomic E-state index is 14.9. The third kappa shape index (κ3) is 8.02. The largest absolute Gasteiger partial charge is 0.483 e. The van der Waals surface area contributed by atoms with Gasteiger partial charge in [0.1, 0.15) is 40.5 Å². The normalized spacial score (nSPS) is 27.9. The van der Waals surface area contributed by atoms with E-state index in [0.717, 1.165) is 29.3 Å². The van der Waals surface area contributed by atoms with Crippen LogP contribution in [-0.2, 0) is 30.8 Å². The van der Waals surface area contributed by atoms with E-state index in [1.54, 1.807) is 19.1 Å². The number of ether oxygens (including phenoxy) is 1. The molecule has 2 saturated carbocycles. The first kappa shape index (κ1) is 40.7. The number of hydrogen-bond acceptors (Lipinski definition) is 8. The van der Waals surface area contributed by atoms with Gasteiger partial charge in [-0.3, -0.25) is 19.1 Å². The standard InChI is InChI=1S/C44H53FN6O7S/c1-41(2,3)49-40(55)47-33-18-9-7-5-6-8-14-28-24-44(28,39(54)50-59(56,57)42(4)21-22-42)48-37(52)34-25-43(26-51(34)38(33)53)20-19-31-30-16-10-11-17-32(30)46-35(36(31)58-43)27-13-12-15-29(45)23-27/h8,10-17,23,28,33-34H,5-7,9,18-22,24-26H2,1-4H3,(H,48,52)(H,50,54)(H2,47,49,55)/t28-,33+,34+,43-,44-/m1/s1. The van der Waals surface area contributed by atoms with Gasteiger partial charge in [0.05, 0.1) is 16.8 Å². The van der Waals surface area contributed by atoms with Crippen molar-refractivity contribution in [3.05, 3.63) is 72.1 Å². The first-order chi connectivity index (χ1) is 27.9. The third-order valence-electron chi connectivity index (χ3n) is 12.6. The minimum absolute atomic E-state index is 0.0207. The quantitative estimate of drug-likeness (QED) is 0.242. The molecule has 0 radical (unpaired) electrons. The molecule has 5 aliphatic rings. The van der Waals surface area contributed by atoms with Gasteiger partial charge >= 0.3 is 6.03 Å². The molecule has 13 nitrogen and oxygen atoms in total. The summed E-state index contributed by atoms with van der Waals surface area (Å²) in [5.74, 6) is -2.35. The number of nitrogens with zero attached hydrogens (tertiary/aromatic N) is 2. The van der Waals surface area contributed by atoms with Gasteiger partial charge in [0.25, 0.3) is 5.91 Å². The second kappa shape index (κ2) is 14.9. The van der Waals surface area contributed by atoms with Gasteiger partial charge in [0.2, 0.25) is 21.8 Å². The van der Waals surface area contributed by atoms with Gasteiger partial charge in [-0.2, -0.15) is 0 Å². The fraction of sp³-hybridized carbons (Fsp3) is 0.523. The number of rotatable bonds is 5. The first-order valence-corrected chi connectivity index (χ1v) is 22.2. The Balaban J connectivity index is 1.18. The molecule has 2 aliphatic carbocycles. The number of pyridine rings is 1. The number of amides is 5. The summed E-state index contributed by atoms with van der Waals surface area (Å²) in [6.07, 6.45) is 9.02. The maximum atomic E-state index is 14.9. The molecule has 3 aromatic rings. The fourth-order valence-corrected chi connectivity index (χ4v) is 10.2. The molecule has 2 aromatic carbocycles. The molecule has 4 N–H and O–H groups in total. The second-order valence-corrected chi connectivity index (χ2v) is 20.6. The van der Waals surface area contributed by atoms with Crippen LogP contribution in [0.15, 0.2) is 60.7 Å². The number of carbonyl (C=O) groups excluding carboxylic acids is 4. The van der Waals surface area contributed by atoms with Crippen molar-refractivity contribution in [2.75, 3.05) is 6.54 Å². The zero-order valence-electron chi connectivity index (χ0n) is 34.0. The lowest BCUT2D eigenvalue weighted by atomic mass is 9.86. The molecule has 8 rings (SSSR count). The van der Waals surface area contributed by atoms with Gasteiger partial charge in [0, 0.05) is 34.4 Å². The number of nitrogens with one attached hydrogen (secondary N) is 4. The van der Waals surface area contributed by atoms with E-state index in [0.29, 0.717) is 62.0 Å². The number of fused-ring (bicyclic) bond motifs is 5. The van der Waals surface area contributed by atoms with Gasteiger partial charge in [-0.15, -0.1) is 0 Å². The van der Waals surface area contributed by atoms with Crippen LogP contribution in [0.25, 0.3) is 22.2 Å². The lowest BCUT2D eigenvalue weighted by Gasteiger charge is -2.37. The molecule has 3 aliphatic heterocycles. The zero-order valence-corrected chi connectivity index (χ0v) is 34.8. The molecule has 1 spiro atoms. The van der Waals surface area contributed by atoms with E-state index in [-0.39, 0.29) is 19.4 Å². The Hall–Kier alpha value is -5.05. The van der Waals surface area contributed by atoms with Crippen molar-refractivity contribution in [2.45, 2.75) is 132 Å². The van der Waals surface area contributed by atoms with Crippen molar-refractivity contribution < 1.29 is 36.7 Å². The minimum Gasteiger partial charge on any atom is -0.483 e. The van der Waals surface area contributed by atoms with Crippen LogP contribution in [0, 0.1) is 11.7 Å². The molecule has 0 bridgehead atoms. The van der Waals surface area contributed by atoms with Crippen molar-refractivity contribution in [1.82, 2.24) is 30.6 Å². The molecule has 3 fully saturated rings. The third-order valence-corrected chi connectivity index (χ3v) is 14.8. The summed E-state index contributed by atoms with van der Waals surface area (Å²) in [5.41, 5.74) is -0.694. The van der Waals surface area contributed by atoms with E-state index < -0.39 is 79.0 Å². The number of allylic oxidation sites excluding steroid dienone is 1. The number of para-hydroxylation sites is 1. The van der Waals surface area contributed by atoms with Crippen molar-refractivity contribution in [2.24, 2.45) is 5.92 Å². The molecule has 1 aromatic heterocycles. The lowest BCUT2D eigenvalue weighted by molar-refractivity contribution is -0.141. The lowest BCUT2D eigenvalue weighted by Crippen LogP contribution is -2.59. The number of halogens is 1. The zero-order chi connectivity index (χ0) is 42.0. The molecule has 15 heteroatoms. The summed E-state index contributed by atoms with van der Waals surface area (Å²) >= 11 is 0. The highest BCUT2D eigenvalue weighted by atomic mass is 32.2. The van der Waals surface area contributed by atoms with Crippen LogP contribution in [0.2, 0.25) is 0 Å². The highest BCUT2D eigenvalue weighted by Gasteiger charge is 2.64. The van der Waals surface area contributed by atoms with Crippen LogP contribution >= 0.6 is 0 Å².